The van der Waals surface area contributed by atoms with Gasteiger partial charge in [-0.15, -0.1) is 0 Å². The predicted octanol–water partition coefficient (Wildman–Crippen LogP) is 8.53. The highest BCUT2D eigenvalue weighted by Crippen LogP contribution is 2.37. The van der Waals surface area contributed by atoms with E-state index in [1.54, 1.807) is 20.2 Å². The number of aromatic nitrogens is 6. The second kappa shape index (κ2) is 13.4. The number of ketones is 1. The van der Waals surface area contributed by atoms with Crippen LogP contribution in [0.25, 0.3) is 51.0 Å². The van der Waals surface area contributed by atoms with Gasteiger partial charge >= 0.3 is 0 Å². The van der Waals surface area contributed by atoms with Crippen molar-refractivity contribution in [2.24, 2.45) is 0 Å². The molecule has 0 bridgehead atoms. The zero-order valence-corrected chi connectivity index (χ0v) is 27.9. The highest BCUT2D eigenvalue weighted by atomic mass is 16.1. The molecule has 0 unspecified atom stereocenters. The summed E-state index contributed by atoms with van der Waals surface area (Å²) in [6.45, 7) is 1.99. The van der Waals surface area contributed by atoms with E-state index in [1.807, 2.05) is 153 Å². The van der Waals surface area contributed by atoms with E-state index in [-0.39, 0.29) is 33.8 Å². The molecule has 5 aromatic carbocycles. The molecular formula is C43H28N8O. The van der Waals surface area contributed by atoms with E-state index < -0.39 is 5.78 Å². The lowest BCUT2D eigenvalue weighted by molar-refractivity contribution is 0.103. The molecule has 9 heteroatoms. The maximum Gasteiger partial charge on any atom is 0.218 e. The van der Waals surface area contributed by atoms with Gasteiger partial charge in [0.25, 0.3) is 0 Å². The van der Waals surface area contributed by atoms with E-state index in [1.165, 1.54) is 0 Å². The summed E-state index contributed by atoms with van der Waals surface area (Å²) in [4.78, 5) is 15.0. The Bertz CT molecular complexity index is 2640. The van der Waals surface area contributed by atoms with Gasteiger partial charge < -0.3 is 0 Å². The van der Waals surface area contributed by atoms with Crippen LogP contribution in [0.15, 0.2) is 152 Å². The fourth-order valence-corrected chi connectivity index (χ4v) is 6.28. The summed E-state index contributed by atoms with van der Waals surface area (Å²) < 4.78 is 4.94. The summed E-state index contributed by atoms with van der Waals surface area (Å²) in [7, 11) is 0. The Balaban J connectivity index is 1.40. The fourth-order valence-electron chi connectivity index (χ4n) is 6.28. The molecule has 0 radical (unpaired) electrons. The Morgan fingerprint density at radius 2 is 1.02 bits per heavy atom. The van der Waals surface area contributed by atoms with E-state index in [0.717, 1.165) is 22.4 Å². The van der Waals surface area contributed by atoms with Gasteiger partial charge in [0.2, 0.25) is 5.78 Å². The van der Waals surface area contributed by atoms with Crippen LogP contribution in [0.3, 0.4) is 0 Å². The summed E-state index contributed by atoms with van der Waals surface area (Å²) >= 11 is 0. The summed E-state index contributed by atoms with van der Waals surface area (Å²) in [6, 6.07) is 50.2. The lowest BCUT2D eigenvalue weighted by Crippen LogP contribution is -2.07. The number of para-hydroxylation sites is 2. The standard InChI is InChI=1S/C43H28N8O/c1-29-22-24-32(25-23-29)49-28-37(43(52)40-36(27-45)42(31-16-8-3-9-17-31)51(48-40)34-20-12-5-13-21-34)39(46-49)38-35(26-44)41(30-14-6-2-7-15-30)50(47-38)33-18-10-4-11-19-33/h2-25,28H,1H3. The molecule has 0 amide bonds. The first-order valence-electron chi connectivity index (χ1n) is 16.6. The average Bonchev–Trinajstić information content (AvgIpc) is 3.93. The van der Waals surface area contributed by atoms with Crippen LogP contribution in [0.2, 0.25) is 0 Å². The van der Waals surface area contributed by atoms with Gasteiger partial charge in [-0.25, -0.2) is 14.0 Å². The summed E-state index contributed by atoms with van der Waals surface area (Å²) in [5.74, 6) is -0.531. The van der Waals surface area contributed by atoms with Crippen molar-refractivity contribution in [2.75, 3.05) is 0 Å². The van der Waals surface area contributed by atoms with Crippen molar-refractivity contribution in [3.05, 3.63) is 180 Å². The molecule has 0 aliphatic heterocycles. The highest BCUT2D eigenvalue weighted by Gasteiger charge is 2.32. The molecule has 3 aromatic heterocycles. The first-order chi connectivity index (χ1) is 25.6. The topological polar surface area (TPSA) is 118 Å². The maximum atomic E-state index is 15.0. The minimum atomic E-state index is -0.531. The Morgan fingerprint density at radius 3 is 1.54 bits per heavy atom. The molecule has 246 valence electrons. The van der Waals surface area contributed by atoms with Crippen LogP contribution >= 0.6 is 0 Å². The van der Waals surface area contributed by atoms with Crippen LogP contribution in [0.5, 0.6) is 0 Å². The Kier molecular flexibility index (Phi) is 8.13. The molecule has 8 rings (SSSR count). The van der Waals surface area contributed by atoms with Gasteiger partial charge in [-0.1, -0.05) is 115 Å². The number of carbonyl (C=O) groups excluding carboxylic acids is 1. The van der Waals surface area contributed by atoms with Gasteiger partial charge in [0.1, 0.15) is 34.7 Å². The molecule has 0 saturated carbocycles. The van der Waals surface area contributed by atoms with Gasteiger partial charge in [0.15, 0.2) is 5.69 Å². The normalized spacial score (nSPS) is 10.8. The van der Waals surface area contributed by atoms with Crippen molar-refractivity contribution < 1.29 is 4.79 Å². The third kappa shape index (κ3) is 5.55. The van der Waals surface area contributed by atoms with Crippen molar-refractivity contribution in [3.63, 3.8) is 0 Å². The van der Waals surface area contributed by atoms with Gasteiger partial charge in [0, 0.05) is 17.3 Å². The molecule has 0 aliphatic carbocycles. The SMILES string of the molecule is Cc1ccc(-n2cc(C(=O)c3nn(-c4ccccc4)c(-c4ccccc4)c3C#N)c(-c3nn(-c4ccccc4)c(-c4ccccc4)c3C#N)n2)cc1. The van der Waals surface area contributed by atoms with Crippen LogP contribution in [-0.2, 0) is 0 Å². The van der Waals surface area contributed by atoms with Crippen LogP contribution in [-0.4, -0.2) is 35.1 Å². The highest BCUT2D eigenvalue weighted by molar-refractivity contribution is 6.13. The zero-order chi connectivity index (χ0) is 35.6. The number of aryl methyl sites for hydroxylation is 1. The van der Waals surface area contributed by atoms with Crippen LogP contribution < -0.4 is 0 Å². The molecule has 52 heavy (non-hydrogen) atoms. The molecule has 3 heterocycles. The largest absolute Gasteiger partial charge is 0.287 e. The van der Waals surface area contributed by atoms with Crippen LogP contribution in [0, 0.1) is 29.6 Å². The zero-order valence-electron chi connectivity index (χ0n) is 27.9. The molecule has 0 atom stereocenters. The molecular weight excluding hydrogens is 645 g/mol. The molecule has 8 aromatic rings. The summed E-state index contributed by atoms with van der Waals surface area (Å²) in [5, 5.41) is 36.2. The minimum Gasteiger partial charge on any atom is -0.287 e. The third-order valence-corrected chi connectivity index (χ3v) is 8.79. The van der Waals surface area contributed by atoms with Gasteiger partial charge in [0.05, 0.1) is 34.0 Å². The molecule has 9 nitrogen and oxygen atoms in total. The van der Waals surface area contributed by atoms with E-state index in [0.29, 0.717) is 22.8 Å². The number of carbonyl (C=O) groups is 1. The average molecular weight is 673 g/mol. The van der Waals surface area contributed by atoms with E-state index in [9.17, 15) is 15.3 Å². The van der Waals surface area contributed by atoms with Crippen LogP contribution in [0.1, 0.15) is 32.7 Å². The second-order valence-corrected chi connectivity index (χ2v) is 12.1. The molecule has 0 N–H and O–H groups in total. The van der Waals surface area contributed by atoms with Gasteiger partial charge in [-0.3, -0.25) is 4.79 Å². The van der Waals surface area contributed by atoms with Crippen molar-refractivity contribution in [1.29, 1.82) is 10.5 Å². The number of nitriles is 2. The van der Waals surface area contributed by atoms with Crippen molar-refractivity contribution in [1.82, 2.24) is 29.3 Å². The molecule has 0 aliphatic rings. The third-order valence-electron chi connectivity index (χ3n) is 8.79. The summed E-state index contributed by atoms with van der Waals surface area (Å²) in [6.07, 6.45) is 1.62. The second-order valence-electron chi connectivity index (χ2n) is 12.1. The van der Waals surface area contributed by atoms with E-state index in [2.05, 4.69) is 12.1 Å². The van der Waals surface area contributed by atoms with Crippen LogP contribution in [0.4, 0.5) is 0 Å². The predicted molar refractivity (Wildman–Crippen MR) is 198 cm³/mol. The lowest BCUT2D eigenvalue weighted by Gasteiger charge is -2.07. The Morgan fingerprint density at radius 1 is 0.538 bits per heavy atom. The molecule has 0 spiro atoms. The lowest BCUT2D eigenvalue weighted by atomic mass is 9.99. The maximum absolute atomic E-state index is 15.0. The smallest absolute Gasteiger partial charge is 0.218 e. The van der Waals surface area contributed by atoms with Gasteiger partial charge in [-0.2, -0.15) is 25.8 Å². The number of hydrogen-bond acceptors (Lipinski definition) is 6. The monoisotopic (exact) mass is 672 g/mol. The first kappa shape index (κ1) is 31.6. The Labute approximate surface area is 299 Å². The Hall–Kier alpha value is -7.62. The van der Waals surface area contributed by atoms with E-state index >= 15 is 0 Å². The van der Waals surface area contributed by atoms with E-state index in [4.69, 9.17) is 15.3 Å². The number of rotatable bonds is 8. The first-order valence-corrected chi connectivity index (χ1v) is 16.6. The van der Waals surface area contributed by atoms with Crippen molar-refractivity contribution in [3.8, 4) is 63.1 Å². The number of nitrogens with zero attached hydrogens (tertiary/aromatic N) is 8. The fraction of sp³-hybridized carbons (Fsp3) is 0.0233. The number of benzene rings is 5. The number of hydrogen-bond donors (Lipinski definition) is 0. The van der Waals surface area contributed by atoms with Gasteiger partial charge in [-0.05, 0) is 43.3 Å². The molecule has 0 saturated heterocycles. The molecule has 0 fully saturated rings. The quantitative estimate of drug-likeness (QED) is 0.149. The summed E-state index contributed by atoms with van der Waals surface area (Å²) in [5.41, 5.74) is 6.62. The van der Waals surface area contributed by atoms with Crippen molar-refractivity contribution in [2.45, 2.75) is 6.92 Å². The van der Waals surface area contributed by atoms with Crippen molar-refractivity contribution >= 4 is 5.78 Å². The minimum absolute atomic E-state index is 0.0424.